The van der Waals surface area contributed by atoms with Gasteiger partial charge in [-0.1, -0.05) is 6.92 Å². The van der Waals surface area contributed by atoms with Crippen LogP contribution in [0.3, 0.4) is 0 Å². The molecule has 1 aromatic rings. The smallest absolute Gasteiger partial charge is 0.156 e. The van der Waals surface area contributed by atoms with Gasteiger partial charge in [0.05, 0.1) is 23.1 Å². The predicted octanol–water partition coefficient (Wildman–Crippen LogP) is 1.35. The van der Waals surface area contributed by atoms with Crippen LogP contribution < -0.4 is 5.73 Å². The SMILES string of the molecule is CCC(N)CS(=O)(=O)Cc1cc(C#N)ccc1F. The molecule has 1 unspecified atom stereocenters. The predicted molar refractivity (Wildman–Crippen MR) is 66.9 cm³/mol. The molecule has 0 aliphatic heterocycles. The van der Waals surface area contributed by atoms with Crippen LogP contribution >= 0.6 is 0 Å². The summed E-state index contributed by atoms with van der Waals surface area (Å²) in [5.41, 5.74) is 5.83. The van der Waals surface area contributed by atoms with E-state index in [4.69, 9.17) is 11.0 Å². The summed E-state index contributed by atoms with van der Waals surface area (Å²) in [4.78, 5) is 0. The lowest BCUT2D eigenvalue weighted by Crippen LogP contribution is -2.29. The molecule has 0 aliphatic carbocycles. The maximum atomic E-state index is 13.5. The van der Waals surface area contributed by atoms with Gasteiger partial charge < -0.3 is 5.73 Å². The second-order valence-electron chi connectivity index (χ2n) is 4.14. The van der Waals surface area contributed by atoms with Crippen LogP contribution in [-0.2, 0) is 15.6 Å². The second-order valence-corrected chi connectivity index (χ2v) is 6.25. The van der Waals surface area contributed by atoms with Gasteiger partial charge in [0.25, 0.3) is 0 Å². The van der Waals surface area contributed by atoms with Crippen molar-refractivity contribution in [3.8, 4) is 6.07 Å². The minimum absolute atomic E-state index is 0.0114. The lowest BCUT2D eigenvalue weighted by Gasteiger charge is -2.10. The molecule has 0 radical (unpaired) electrons. The molecule has 1 atom stereocenters. The average Bonchev–Trinajstić information content (AvgIpc) is 2.31. The zero-order valence-corrected chi connectivity index (χ0v) is 10.9. The summed E-state index contributed by atoms with van der Waals surface area (Å²) in [5, 5.41) is 8.69. The number of rotatable bonds is 5. The van der Waals surface area contributed by atoms with E-state index in [1.54, 1.807) is 6.92 Å². The molecule has 18 heavy (non-hydrogen) atoms. The molecule has 98 valence electrons. The lowest BCUT2D eigenvalue weighted by molar-refractivity contribution is 0.577. The topological polar surface area (TPSA) is 84.0 Å². The van der Waals surface area contributed by atoms with E-state index in [2.05, 4.69) is 0 Å². The van der Waals surface area contributed by atoms with Crippen molar-refractivity contribution >= 4 is 9.84 Å². The highest BCUT2D eigenvalue weighted by Crippen LogP contribution is 2.14. The van der Waals surface area contributed by atoms with Crippen LogP contribution in [-0.4, -0.2) is 20.2 Å². The van der Waals surface area contributed by atoms with Crippen molar-refractivity contribution in [1.82, 2.24) is 0 Å². The van der Waals surface area contributed by atoms with Gasteiger partial charge in [0.2, 0.25) is 0 Å². The summed E-state index contributed by atoms with van der Waals surface area (Å²) in [6.07, 6.45) is 0.542. The number of nitriles is 1. The molecule has 2 N–H and O–H groups in total. The van der Waals surface area contributed by atoms with Crippen molar-refractivity contribution in [2.24, 2.45) is 5.73 Å². The summed E-state index contributed by atoms with van der Waals surface area (Å²) < 4.78 is 37.0. The first-order chi connectivity index (χ1) is 8.38. The van der Waals surface area contributed by atoms with Gasteiger partial charge in [0.15, 0.2) is 9.84 Å². The Bertz CT molecular complexity index is 564. The Morgan fingerprint density at radius 3 is 2.72 bits per heavy atom. The van der Waals surface area contributed by atoms with Gasteiger partial charge in [-0.15, -0.1) is 0 Å². The number of nitrogens with zero attached hydrogens (tertiary/aromatic N) is 1. The molecular formula is C12H15FN2O2S. The van der Waals surface area contributed by atoms with Crippen molar-refractivity contribution < 1.29 is 12.8 Å². The maximum Gasteiger partial charge on any atom is 0.156 e. The third-order valence-corrected chi connectivity index (χ3v) is 4.23. The summed E-state index contributed by atoms with van der Waals surface area (Å²) in [6, 6.07) is 5.06. The molecular weight excluding hydrogens is 255 g/mol. The van der Waals surface area contributed by atoms with Gasteiger partial charge in [-0.05, 0) is 24.6 Å². The van der Waals surface area contributed by atoms with E-state index in [9.17, 15) is 12.8 Å². The van der Waals surface area contributed by atoms with Crippen LogP contribution in [0.5, 0.6) is 0 Å². The molecule has 6 heteroatoms. The Hall–Kier alpha value is -1.45. The summed E-state index contributed by atoms with van der Waals surface area (Å²) >= 11 is 0. The zero-order valence-electron chi connectivity index (χ0n) is 10.1. The van der Waals surface area contributed by atoms with Gasteiger partial charge in [-0.2, -0.15) is 5.26 Å². The van der Waals surface area contributed by atoms with E-state index in [0.717, 1.165) is 6.07 Å². The average molecular weight is 270 g/mol. The highest BCUT2D eigenvalue weighted by Gasteiger charge is 2.18. The molecule has 0 bridgehead atoms. The Kier molecular flexibility index (Phi) is 4.82. The van der Waals surface area contributed by atoms with Gasteiger partial charge in [0, 0.05) is 11.6 Å². The van der Waals surface area contributed by atoms with Crippen LogP contribution in [0.4, 0.5) is 4.39 Å². The fraction of sp³-hybridized carbons (Fsp3) is 0.417. The second kappa shape index (κ2) is 5.94. The molecule has 1 rings (SSSR count). The minimum Gasteiger partial charge on any atom is -0.327 e. The highest BCUT2D eigenvalue weighted by atomic mass is 32.2. The third kappa shape index (κ3) is 4.09. The Morgan fingerprint density at radius 1 is 1.50 bits per heavy atom. The number of hydrogen-bond acceptors (Lipinski definition) is 4. The molecule has 0 saturated carbocycles. The number of sulfone groups is 1. The number of hydrogen-bond donors (Lipinski definition) is 1. The molecule has 0 aliphatic rings. The van der Waals surface area contributed by atoms with E-state index in [1.165, 1.54) is 12.1 Å². The molecule has 4 nitrogen and oxygen atoms in total. The molecule has 0 spiro atoms. The van der Waals surface area contributed by atoms with Crippen LogP contribution in [0.1, 0.15) is 24.5 Å². The summed E-state index contributed by atoms with van der Waals surface area (Å²) in [5.74, 6) is -1.23. The Balaban J connectivity index is 2.94. The number of nitrogens with two attached hydrogens (primary N) is 1. The molecule has 0 saturated heterocycles. The van der Waals surface area contributed by atoms with E-state index in [0.29, 0.717) is 6.42 Å². The van der Waals surface area contributed by atoms with Crippen LogP contribution in [0.15, 0.2) is 18.2 Å². The van der Waals surface area contributed by atoms with E-state index in [1.807, 2.05) is 6.07 Å². The first-order valence-corrected chi connectivity index (χ1v) is 7.34. The maximum absolute atomic E-state index is 13.5. The van der Waals surface area contributed by atoms with Crippen molar-refractivity contribution in [3.63, 3.8) is 0 Å². The van der Waals surface area contributed by atoms with Crippen molar-refractivity contribution in [2.75, 3.05) is 5.75 Å². The standard InChI is InChI=1S/C12H15FN2O2S/c1-2-11(15)8-18(16,17)7-10-5-9(6-14)3-4-12(10)13/h3-5,11H,2,7-8,15H2,1H3. The first kappa shape index (κ1) is 14.6. The van der Waals surface area contributed by atoms with Gasteiger partial charge in [0.1, 0.15) is 5.82 Å². The van der Waals surface area contributed by atoms with Crippen molar-refractivity contribution in [2.45, 2.75) is 25.1 Å². The Labute approximate surface area is 106 Å². The normalized spacial score (nSPS) is 13.0. The Morgan fingerprint density at radius 2 is 2.17 bits per heavy atom. The number of halogens is 1. The largest absolute Gasteiger partial charge is 0.327 e. The van der Waals surface area contributed by atoms with Crippen molar-refractivity contribution in [1.29, 1.82) is 5.26 Å². The number of benzene rings is 1. The van der Waals surface area contributed by atoms with Crippen molar-refractivity contribution in [3.05, 3.63) is 35.1 Å². The fourth-order valence-electron chi connectivity index (χ4n) is 1.49. The molecule has 0 heterocycles. The highest BCUT2D eigenvalue weighted by molar-refractivity contribution is 7.90. The fourth-order valence-corrected chi connectivity index (χ4v) is 3.20. The summed E-state index contributed by atoms with van der Waals surface area (Å²) in [6.45, 7) is 1.79. The van der Waals surface area contributed by atoms with Crippen LogP contribution in [0.25, 0.3) is 0 Å². The first-order valence-electron chi connectivity index (χ1n) is 5.52. The zero-order chi connectivity index (χ0) is 13.8. The molecule has 1 aromatic carbocycles. The lowest BCUT2D eigenvalue weighted by atomic mass is 10.1. The molecule has 0 aromatic heterocycles. The summed E-state index contributed by atoms with van der Waals surface area (Å²) in [7, 11) is -3.47. The van der Waals surface area contributed by atoms with E-state index >= 15 is 0 Å². The van der Waals surface area contributed by atoms with Gasteiger partial charge in [-0.3, -0.25) is 0 Å². The molecule has 0 amide bonds. The van der Waals surface area contributed by atoms with Crippen LogP contribution in [0.2, 0.25) is 0 Å². The molecule has 0 fully saturated rings. The van der Waals surface area contributed by atoms with Crippen LogP contribution in [0, 0.1) is 17.1 Å². The monoisotopic (exact) mass is 270 g/mol. The quantitative estimate of drug-likeness (QED) is 0.875. The van der Waals surface area contributed by atoms with E-state index < -0.39 is 27.4 Å². The van der Waals surface area contributed by atoms with Gasteiger partial charge in [-0.25, -0.2) is 12.8 Å². The van der Waals surface area contributed by atoms with E-state index in [-0.39, 0.29) is 16.9 Å². The minimum atomic E-state index is -3.47. The van der Waals surface area contributed by atoms with Gasteiger partial charge >= 0.3 is 0 Å². The third-order valence-electron chi connectivity index (χ3n) is 2.54.